The van der Waals surface area contributed by atoms with Crippen LogP contribution >= 0.6 is 0 Å². The number of aliphatic hydroxyl groups excluding tert-OH is 1. The molecule has 1 aromatic rings. The monoisotopic (exact) mass is 251 g/mol. The first-order valence-electron chi connectivity index (χ1n) is 6.37. The van der Waals surface area contributed by atoms with Gasteiger partial charge in [0.05, 0.1) is 17.0 Å². The molecule has 0 radical (unpaired) electrons. The summed E-state index contributed by atoms with van der Waals surface area (Å²) in [6.07, 6.45) is 2.04. The van der Waals surface area contributed by atoms with E-state index >= 15 is 0 Å². The summed E-state index contributed by atoms with van der Waals surface area (Å²) in [5, 5.41) is 19.8. The average Bonchev–Trinajstić information content (AvgIpc) is 2.38. The molecule has 100 valence electrons. The molecule has 5 heteroatoms. The summed E-state index contributed by atoms with van der Waals surface area (Å²) in [4.78, 5) is 12.2. The highest BCUT2D eigenvalue weighted by atomic mass is 16.3. The number of carbonyl (C=O) groups is 1. The third-order valence-corrected chi connectivity index (χ3v) is 2.88. The van der Waals surface area contributed by atoms with Crippen LogP contribution in [-0.4, -0.2) is 33.9 Å². The Morgan fingerprint density at radius 2 is 2.17 bits per heavy atom. The van der Waals surface area contributed by atoms with Crippen LogP contribution in [-0.2, 0) is 6.42 Å². The fourth-order valence-electron chi connectivity index (χ4n) is 1.77. The van der Waals surface area contributed by atoms with Crippen LogP contribution in [0.15, 0.2) is 6.07 Å². The van der Waals surface area contributed by atoms with Gasteiger partial charge in [0.1, 0.15) is 0 Å². The van der Waals surface area contributed by atoms with E-state index in [1.54, 1.807) is 6.07 Å². The Hall–Kier alpha value is -1.49. The second-order valence-corrected chi connectivity index (χ2v) is 4.29. The van der Waals surface area contributed by atoms with Gasteiger partial charge in [0, 0.05) is 12.6 Å². The van der Waals surface area contributed by atoms with E-state index in [2.05, 4.69) is 15.5 Å². The average molecular weight is 251 g/mol. The highest BCUT2D eigenvalue weighted by Gasteiger charge is 2.16. The smallest absolute Gasteiger partial charge is 0.253 e. The van der Waals surface area contributed by atoms with Crippen molar-refractivity contribution in [1.82, 2.24) is 15.5 Å². The van der Waals surface area contributed by atoms with E-state index < -0.39 is 0 Å². The fraction of sp³-hybridized carbons (Fsp3) is 0.615. The minimum Gasteiger partial charge on any atom is -0.396 e. The van der Waals surface area contributed by atoms with Gasteiger partial charge in [-0.2, -0.15) is 10.2 Å². The van der Waals surface area contributed by atoms with Crippen molar-refractivity contribution in [3.63, 3.8) is 0 Å². The predicted molar refractivity (Wildman–Crippen MR) is 69.4 cm³/mol. The first-order chi connectivity index (χ1) is 8.62. The van der Waals surface area contributed by atoms with Crippen LogP contribution in [0.1, 0.15) is 48.4 Å². The highest BCUT2D eigenvalue weighted by Crippen LogP contribution is 2.09. The zero-order valence-corrected chi connectivity index (χ0v) is 11.2. The van der Waals surface area contributed by atoms with E-state index in [9.17, 15) is 4.79 Å². The minimum absolute atomic E-state index is 0.000627. The molecule has 1 aromatic heterocycles. The molecule has 0 saturated heterocycles. The number of aliphatic hydroxyl groups is 1. The van der Waals surface area contributed by atoms with Crippen LogP contribution in [0.4, 0.5) is 0 Å². The van der Waals surface area contributed by atoms with E-state index in [1.807, 2.05) is 20.8 Å². The van der Waals surface area contributed by atoms with E-state index in [0.717, 1.165) is 12.1 Å². The number of nitrogens with zero attached hydrogens (tertiary/aromatic N) is 2. The lowest BCUT2D eigenvalue weighted by atomic mass is 10.1. The van der Waals surface area contributed by atoms with Crippen LogP contribution in [0.3, 0.4) is 0 Å². The predicted octanol–water partition coefficient (Wildman–Crippen LogP) is 1.24. The molecule has 0 bridgehead atoms. The lowest BCUT2D eigenvalue weighted by Crippen LogP contribution is -2.35. The molecule has 1 rings (SSSR count). The molecular formula is C13H21N3O2. The third-order valence-electron chi connectivity index (χ3n) is 2.88. The normalized spacial score (nSPS) is 12.2. The molecule has 0 aliphatic carbocycles. The van der Waals surface area contributed by atoms with Crippen LogP contribution < -0.4 is 5.32 Å². The molecule has 1 unspecified atom stereocenters. The summed E-state index contributed by atoms with van der Waals surface area (Å²) in [6, 6.07) is 1.76. The molecule has 5 nitrogen and oxygen atoms in total. The van der Waals surface area contributed by atoms with Crippen molar-refractivity contribution in [2.24, 2.45) is 0 Å². The molecule has 1 atom stereocenters. The minimum atomic E-state index is -0.134. The molecule has 1 heterocycles. The van der Waals surface area contributed by atoms with Crippen molar-refractivity contribution >= 4 is 5.91 Å². The maximum atomic E-state index is 12.2. The molecule has 0 spiro atoms. The number of aromatic nitrogens is 2. The number of hydrogen-bond acceptors (Lipinski definition) is 4. The number of hydrogen-bond donors (Lipinski definition) is 2. The molecule has 18 heavy (non-hydrogen) atoms. The summed E-state index contributed by atoms with van der Waals surface area (Å²) in [7, 11) is 0. The maximum Gasteiger partial charge on any atom is 0.253 e. The first-order valence-corrected chi connectivity index (χ1v) is 6.37. The molecule has 1 amide bonds. The zero-order valence-electron chi connectivity index (χ0n) is 11.2. The van der Waals surface area contributed by atoms with Crippen LogP contribution in [0.2, 0.25) is 0 Å². The Morgan fingerprint density at radius 3 is 2.72 bits per heavy atom. The third kappa shape index (κ3) is 3.77. The molecule has 0 aliphatic rings. The number of nitrogens with one attached hydrogen (secondary N) is 1. The van der Waals surface area contributed by atoms with Gasteiger partial charge in [-0.1, -0.05) is 13.8 Å². The van der Waals surface area contributed by atoms with Gasteiger partial charge >= 0.3 is 0 Å². The quantitative estimate of drug-likeness (QED) is 0.797. The number of amides is 1. The molecule has 0 fully saturated rings. The number of aryl methyl sites for hydroxylation is 2. The Kier molecular flexibility index (Phi) is 5.71. The van der Waals surface area contributed by atoms with Crippen molar-refractivity contribution in [3.05, 3.63) is 23.0 Å². The Labute approximate surface area is 108 Å². The maximum absolute atomic E-state index is 12.2. The Balaban J connectivity index is 2.85. The van der Waals surface area contributed by atoms with Gasteiger partial charge in [-0.3, -0.25) is 4.79 Å². The van der Waals surface area contributed by atoms with Crippen molar-refractivity contribution in [2.75, 3.05) is 6.61 Å². The molecule has 0 aliphatic heterocycles. The fourth-order valence-corrected chi connectivity index (χ4v) is 1.77. The SMILES string of the molecule is CCc1nnc(C)cc1C(=O)NC(CC)CCO. The van der Waals surface area contributed by atoms with E-state index in [0.29, 0.717) is 24.1 Å². The molecular weight excluding hydrogens is 230 g/mol. The largest absolute Gasteiger partial charge is 0.396 e. The van der Waals surface area contributed by atoms with Crippen molar-refractivity contribution in [2.45, 2.75) is 46.1 Å². The Bertz CT molecular complexity index is 407. The summed E-state index contributed by atoms with van der Waals surface area (Å²) >= 11 is 0. The van der Waals surface area contributed by atoms with Crippen molar-refractivity contribution < 1.29 is 9.90 Å². The van der Waals surface area contributed by atoms with Gasteiger partial charge in [0.2, 0.25) is 0 Å². The molecule has 0 aromatic carbocycles. The summed E-state index contributed by atoms with van der Waals surface area (Å²) in [5.41, 5.74) is 2.02. The van der Waals surface area contributed by atoms with Gasteiger partial charge in [-0.05, 0) is 32.3 Å². The van der Waals surface area contributed by atoms with E-state index in [4.69, 9.17) is 5.11 Å². The summed E-state index contributed by atoms with van der Waals surface area (Å²) < 4.78 is 0. The zero-order chi connectivity index (χ0) is 13.5. The standard InChI is InChI=1S/C13H21N3O2/c1-4-10(6-7-17)14-13(18)11-8-9(3)15-16-12(11)5-2/h8,10,17H,4-7H2,1-3H3,(H,14,18). The van der Waals surface area contributed by atoms with Crippen molar-refractivity contribution in [3.8, 4) is 0 Å². The topological polar surface area (TPSA) is 75.1 Å². The molecule has 2 N–H and O–H groups in total. The highest BCUT2D eigenvalue weighted by molar-refractivity contribution is 5.95. The number of rotatable bonds is 6. The first kappa shape index (κ1) is 14.6. The van der Waals surface area contributed by atoms with Crippen LogP contribution in [0, 0.1) is 6.92 Å². The Morgan fingerprint density at radius 1 is 1.44 bits per heavy atom. The van der Waals surface area contributed by atoms with Crippen LogP contribution in [0.25, 0.3) is 0 Å². The second-order valence-electron chi connectivity index (χ2n) is 4.29. The molecule has 0 saturated carbocycles. The van der Waals surface area contributed by atoms with Gasteiger partial charge in [-0.25, -0.2) is 0 Å². The van der Waals surface area contributed by atoms with Gasteiger partial charge in [0.25, 0.3) is 5.91 Å². The van der Waals surface area contributed by atoms with Gasteiger partial charge in [-0.15, -0.1) is 0 Å². The van der Waals surface area contributed by atoms with Gasteiger partial charge in [0.15, 0.2) is 0 Å². The summed E-state index contributed by atoms with van der Waals surface area (Å²) in [5.74, 6) is -0.134. The van der Waals surface area contributed by atoms with Crippen molar-refractivity contribution in [1.29, 1.82) is 0 Å². The number of carbonyl (C=O) groups excluding carboxylic acids is 1. The van der Waals surface area contributed by atoms with E-state index in [1.165, 1.54) is 0 Å². The van der Waals surface area contributed by atoms with E-state index in [-0.39, 0.29) is 18.6 Å². The lowest BCUT2D eigenvalue weighted by Gasteiger charge is -2.16. The van der Waals surface area contributed by atoms with Crippen LogP contribution in [0.5, 0.6) is 0 Å². The second kappa shape index (κ2) is 7.06. The van der Waals surface area contributed by atoms with Gasteiger partial charge < -0.3 is 10.4 Å². The lowest BCUT2D eigenvalue weighted by molar-refractivity contribution is 0.0927. The summed E-state index contributed by atoms with van der Waals surface area (Å²) in [6.45, 7) is 5.82.